The minimum atomic E-state index is 0.574. The summed E-state index contributed by atoms with van der Waals surface area (Å²) in [6.45, 7) is 4.41. The molecule has 0 aliphatic heterocycles. The van der Waals surface area contributed by atoms with Crippen LogP contribution >= 0.6 is 11.3 Å². The van der Waals surface area contributed by atoms with Gasteiger partial charge >= 0.3 is 0 Å². The number of nitrogens with one attached hydrogen (secondary N) is 1. The highest BCUT2D eigenvalue weighted by atomic mass is 32.1. The molecule has 0 amide bonds. The lowest BCUT2D eigenvalue weighted by atomic mass is 10.3. The van der Waals surface area contributed by atoms with Crippen molar-refractivity contribution in [1.29, 1.82) is 0 Å². The van der Waals surface area contributed by atoms with E-state index in [0.717, 1.165) is 19.5 Å². The molecule has 0 fully saturated rings. The molecule has 0 saturated heterocycles. The van der Waals surface area contributed by atoms with Gasteiger partial charge in [-0.3, -0.25) is 0 Å². The molecule has 0 bridgehead atoms. The quantitative estimate of drug-likeness (QED) is 0.774. The Labute approximate surface area is 90.9 Å². The Balaban J connectivity index is 2.09. The van der Waals surface area contributed by atoms with Crippen molar-refractivity contribution in [3.63, 3.8) is 0 Å². The van der Waals surface area contributed by atoms with E-state index in [1.54, 1.807) is 0 Å². The maximum Gasteiger partial charge on any atom is 0.0166 e. The Morgan fingerprint density at radius 3 is 2.86 bits per heavy atom. The standard InChI is InChI=1S/C11H20N2S/c1-10(9-13(2)3)12-7-6-11-5-4-8-14-11/h4-5,8,10,12H,6-7,9H2,1-3H3. The zero-order valence-electron chi connectivity index (χ0n) is 9.29. The molecule has 1 N–H and O–H groups in total. The van der Waals surface area contributed by atoms with Crippen molar-refractivity contribution in [1.82, 2.24) is 10.2 Å². The highest BCUT2D eigenvalue weighted by Crippen LogP contribution is 2.08. The van der Waals surface area contributed by atoms with Crippen LogP contribution in [0, 0.1) is 0 Å². The van der Waals surface area contributed by atoms with Crippen molar-refractivity contribution in [2.24, 2.45) is 0 Å². The predicted octanol–water partition coefficient (Wildman–Crippen LogP) is 1.83. The van der Waals surface area contributed by atoms with Crippen molar-refractivity contribution >= 4 is 11.3 Å². The number of hydrogen-bond donors (Lipinski definition) is 1. The van der Waals surface area contributed by atoms with Gasteiger partial charge in [0.1, 0.15) is 0 Å². The molecule has 1 unspecified atom stereocenters. The average molecular weight is 212 g/mol. The molecule has 0 aliphatic carbocycles. The molecule has 1 heterocycles. The molecular weight excluding hydrogens is 192 g/mol. The second-order valence-corrected chi connectivity index (χ2v) is 4.98. The summed E-state index contributed by atoms with van der Waals surface area (Å²) in [4.78, 5) is 3.68. The van der Waals surface area contributed by atoms with E-state index < -0.39 is 0 Å². The van der Waals surface area contributed by atoms with E-state index in [4.69, 9.17) is 0 Å². The summed E-state index contributed by atoms with van der Waals surface area (Å²) in [5.74, 6) is 0. The number of rotatable bonds is 6. The van der Waals surface area contributed by atoms with Crippen LogP contribution in [0.2, 0.25) is 0 Å². The first-order valence-corrected chi connectivity index (χ1v) is 5.97. The summed E-state index contributed by atoms with van der Waals surface area (Å²) >= 11 is 1.84. The Bertz CT molecular complexity index is 231. The smallest absolute Gasteiger partial charge is 0.0166 e. The van der Waals surface area contributed by atoms with Crippen molar-refractivity contribution < 1.29 is 0 Å². The van der Waals surface area contributed by atoms with E-state index in [1.165, 1.54) is 4.88 Å². The molecule has 1 aromatic heterocycles. The average Bonchev–Trinajstić information content (AvgIpc) is 2.55. The lowest BCUT2D eigenvalue weighted by Crippen LogP contribution is -2.36. The fourth-order valence-corrected chi connectivity index (χ4v) is 2.22. The lowest BCUT2D eigenvalue weighted by molar-refractivity contribution is 0.351. The maximum absolute atomic E-state index is 3.52. The lowest BCUT2D eigenvalue weighted by Gasteiger charge is -2.17. The molecule has 1 atom stereocenters. The van der Waals surface area contributed by atoms with Crippen LogP contribution in [0.5, 0.6) is 0 Å². The zero-order chi connectivity index (χ0) is 10.4. The first-order chi connectivity index (χ1) is 6.68. The molecule has 80 valence electrons. The summed E-state index contributed by atoms with van der Waals surface area (Å²) in [6.07, 6.45) is 1.15. The van der Waals surface area contributed by atoms with Gasteiger partial charge in [-0.05, 0) is 38.9 Å². The Kier molecular flexibility index (Phi) is 5.15. The van der Waals surface area contributed by atoms with Crippen molar-refractivity contribution in [2.75, 3.05) is 27.2 Å². The molecule has 2 nitrogen and oxygen atoms in total. The monoisotopic (exact) mass is 212 g/mol. The van der Waals surface area contributed by atoms with Gasteiger partial charge in [0.2, 0.25) is 0 Å². The third kappa shape index (κ3) is 4.74. The van der Waals surface area contributed by atoms with Gasteiger partial charge in [-0.2, -0.15) is 0 Å². The molecule has 0 spiro atoms. The van der Waals surface area contributed by atoms with E-state index in [0.29, 0.717) is 6.04 Å². The maximum atomic E-state index is 3.52. The highest BCUT2D eigenvalue weighted by Gasteiger charge is 2.02. The largest absolute Gasteiger partial charge is 0.313 e. The van der Waals surface area contributed by atoms with Gasteiger partial charge in [0, 0.05) is 24.0 Å². The van der Waals surface area contributed by atoms with Crippen molar-refractivity contribution in [3.05, 3.63) is 22.4 Å². The van der Waals surface area contributed by atoms with Crippen LogP contribution < -0.4 is 5.32 Å². The Morgan fingerprint density at radius 1 is 1.50 bits per heavy atom. The molecule has 0 aliphatic rings. The molecule has 0 saturated carbocycles. The van der Waals surface area contributed by atoms with E-state index in [9.17, 15) is 0 Å². The van der Waals surface area contributed by atoms with Crippen LogP contribution in [-0.2, 0) is 6.42 Å². The Morgan fingerprint density at radius 2 is 2.29 bits per heavy atom. The van der Waals surface area contributed by atoms with Gasteiger partial charge in [0.15, 0.2) is 0 Å². The number of nitrogens with zero attached hydrogens (tertiary/aromatic N) is 1. The van der Waals surface area contributed by atoms with E-state index in [-0.39, 0.29) is 0 Å². The van der Waals surface area contributed by atoms with Crippen LogP contribution in [0.3, 0.4) is 0 Å². The van der Waals surface area contributed by atoms with Gasteiger partial charge in [-0.15, -0.1) is 11.3 Å². The van der Waals surface area contributed by atoms with E-state index in [1.807, 2.05) is 11.3 Å². The Hall–Kier alpha value is -0.380. The van der Waals surface area contributed by atoms with Crippen LogP contribution in [0.25, 0.3) is 0 Å². The SMILES string of the molecule is CC(CN(C)C)NCCc1cccs1. The van der Waals surface area contributed by atoms with Gasteiger partial charge in [-0.1, -0.05) is 6.07 Å². The van der Waals surface area contributed by atoms with Crippen LogP contribution in [0.1, 0.15) is 11.8 Å². The molecule has 1 rings (SSSR count). The number of likely N-dealkylation sites (N-methyl/N-ethyl adjacent to an activating group) is 1. The molecular formula is C11H20N2S. The third-order valence-electron chi connectivity index (χ3n) is 2.08. The van der Waals surface area contributed by atoms with Crippen LogP contribution in [-0.4, -0.2) is 38.1 Å². The third-order valence-corrected chi connectivity index (χ3v) is 3.02. The first-order valence-electron chi connectivity index (χ1n) is 5.09. The minimum absolute atomic E-state index is 0.574. The summed E-state index contributed by atoms with van der Waals surface area (Å²) in [5, 5.41) is 5.65. The minimum Gasteiger partial charge on any atom is -0.313 e. The molecule has 14 heavy (non-hydrogen) atoms. The summed E-state index contributed by atoms with van der Waals surface area (Å²) in [7, 11) is 4.22. The molecule has 0 radical (unpaired) electrons. The van der Waals surface area contributed by atoms with Gasteiger partial charge in [-0.25, -0.2) is 0 Å². The first kappa shape index (κ1) is 11.7. The summed E-state index contributed by atoms with van der Waals surface area (Å²) in [6, 6.07) is 4.89. The van der Waals surface area contributed by atoms with Crippen molar-refractivity contribution in [2.45, 2.75) is 19.4 Å². The molecule has 0 aromatic carbocycles. The molecule has 1 aromatic rings. The normalized spacial score (nSPS) is 13.4. The van der Waals surface area contributed by atoms with Crippen molar-refractivity contribution in [3.8, 4) is 0 Å². The summed E-state index contributed by atoms with van der Waals surface area (Å²) in [5.41, 5.74) is 0. The fourth-order valence-electron chi connectivity index (χ4n) is 1.51. The zero-order valence-corrected chi connectivity index (χ0v) is 10.1. The number of thiophene rings is 1. The second-order valence-electron chi connectivity index (χ2n) is 3.95. The highest BCUT2D eigenvalue weighted by molar-refractivity contribution is 7.09. The molecule has 3 heteroatoms. The van der Waals surface area contributed by atoms with Gasteiger partial charge in [0.05, 0.1) is 0 Å². The van der Waals surface area contributed by atoms with Gasteiger partial charge < -0.3 is 10.2 Å². The number of hydrogen-bond acceptors (Lipinski definition) is 3. The van der Waals surface area contributed by atoms with E-state index >= 15 is 0 Å². The topological polar surface area (TPSA) is 15.3 Å². The summed E-state index contributed by atoms with van der Waals surface area (Å²) < 4.78 is 0. The van der Waals surface area contributed by atoms with Crippen LogP contribution in [0.4, 0.5) is 0 Å². The predicted molar refractivity (Wildman–Crippen MR) is 64.0 cm³/mol. The van der Waals surface area contributed by atoms with Gasteiger partial charge in [0.25, 0.3) is 0 Å². The fraction of sp³-hybridized carbons (Fsp3) is 0.636. The second kappa shape index (κ2) is 6.17. The van der Waals surface area contributed by atoms with Crippen LogP contribution in [0.15, 0.2) is 17.5 Å². The van der Waals surface area contributed by atoms with E-state index in [2.05, 4.69) is 48.7 Å².